The van der Waals surface area contributed by atoms with Crippen LogP contribution in [-0.2, 0) is 11.8 Å². The molecule has 1 N–H and O–H groups in total. The van der Waals surface area contributed by atoms with E-state index in [0.29, 0.717) is 11.5 Å². The third-order valence-corrected chi connectivity index (χ3v) is 5.95. The Hall–Kier alpha value is -1.02. The Bertz CT molecular complexity index is 520. The molecule has 2 atom stereocenters. The van der Waals surface area contributed by atoms with Gasteiger partial charge in [-0.3, -0.25) is 0 Å². The molecule has 1 heterocycles. The number of benzene rings is 1. The maximum atomic E-state index is 5.50. The third-order valence-electron chi connectivity index (χ3n) is 5.95. The highest BCUT2D eigenvalue weighted by molar-refractivity contribution is 5.49. The van der Waals surface area contributed by atoms with Crippen molar-refractivity contribution in [2.75, 3.05) is 13.7 Å². The Balaban J connectivity index is 2.21. The van der Waals surface area contributed by atoms with E-state index in [9.17, 15) is 0 Å². The number of methoxy groups -OCH3 is 1. The molecule has 1 aliphatic heterocycles. The predicted octanol–water partition coefficient (Wildman–Crippen LogP) is 3.21. The van der Waals surface area contributed by atoms with Crippen LogP contribution in [0.5, 0.6) is 5.75 Å². The highest BCUT2D eigenvalue weighted by Crippen LogP contribution is 2.54. The summed E-state index contributed by atoms with van der Waals surface area (Å²) in [5.74, 6) is 1.03. The summed E-state index contributed by atoms with van der Waals surface area (Å²) < 4.78 is 5.50. The Morgan fingerprint density at radius 2 is 2.00 bits per heavy atom. The molecule has 19 heavy (non-hydrogen) atoms. The number of nitrogens with one attached hydrogen (secondary N) is 1. The van der Waals surface area contributed by atoms with Gasteiger partial charge in [0, 0.05) is 11.5 Å². The fourth-order valence-electron chi connectivity index (χ4n) is 4.12. The van der Waals surface area contributed by atoms with Crippen LogP contribution in [0.25, 0.3) is 0 Å². The van der Waals surface area contributed by atoms with Gasteiger partial charge >= 0.3 is 0 Å². The van der Waals surface area contributed by atoms with E-state index >= 15 is 0 Å². The minimum absolute atomic E-state index is 0.271. The largest absolute Gasteiger partial charge is 0.496 e. The van der Waals surface area contributed by atoms with Crippen LogP contribution < -0.4 is 10.1 Å². The molecule has 2 nitrogen and oxygen atoms in total. The molecule has 0 radical (unpaired) electrons. The van der Waals surface area contributed by atoms with Gasteiger partial charge in [0.2, 0.25) is 0 Å². The lowest BCUT2D eigenvalue weighted by Gasteiger charge is -2.57. The number of aryl methyl sites for hydroxylation is 1. The van der Waals surface area contributed by atoms with Crippen LogP contribution in [0.3, 0.4) is 0 Å². The van der Waals surface area contributed by atoms with Gasteiger partial charge in [0.05, 0.1) is 7.11 Å². The lowest BCUT2D eigenvalue weighted by Crippen LogP contribution is -2.62. The van der Waals surface area contributed by atoms with E-state index in [0.717, 1.165) is 18.7 Å². The predicted molar refractivity (Wildman–Crippen MR) is 79.0 cm³/mol. The van der Waals surface area contributed by atoms with Crippen molar-refractivity contribution in [1.82, 2.24) is 5.32 Å². The van der Waals surface area contributed by atoms with Crippen molar-refractivity contribution < 1.29 is 4.74 Å². The second-order valence-corrected chi connectivity index (χ2v) is 6.99. The second kappa shape index (κ2) is 3.99. The Morgan fingerprint density at radius 3 is 2.68 bits per heavy atom. The fraction of sp³-hybridized carbons (Fsp3) is 0.647. The molecule has 0 aromatic heterocycles. The fourth-order valence-corrected chi connectivity index (χ4v) is 4.12. The van der Waals surface area contributed by atoms with Crippen LogP contribution in [0.15, 0.2) is 12.1 Å². The molecule has 0 saturated carbocycles. The maximum Gasteiger partial charge on any atom is 0.122 e. The lowest BCUT2D eigenvalue weighted by molar-refractivity contribution is 0.0558. The van der Waals surface area contributed by atoms with Gasteiger partial charge in [0.1, 0.15) is 5.75 Å². The highest BCUT2D eigenvalue weighted by atomic mass is 16.5. The van der Waals surface area contributed by atoms with E-state index in [4.69, 9.17) is 4.74 Å². The van der Waals surface area contributed by atoms with Gasteiger partial charge < -0.3 is 10.1 Å². The molecule has 2 aliphatic rings. The number of ether oxygens (including phenoxy) is 1. The van der Waals surface area contributed by atoms with Crippen LogP contribution in [0.1, 0.15) is 43.9 Å². The number of hydrogen-bond acceptors (Lipinski definition) is 2. The monoisotopic (exact) mass is 259 g/mol. The average Bonchev–Trinajstić information content (AvgIpc) is 2.34. The normalized spacial score (nSPS) is 31.7. The Labute approximate surface area is 116 Å². The number of hydrogen-bond donors (Lipinski definition) is 1. The van der Waals surface area contributed by atoms with Gasteiger partial charge in [0.15, 0.2) is 0 Å². The van der Waals surface area contributed by atoms with Gasteiger partial charge in [0.25, 0.3) is 0 Å². The van der Waals surface area contributed by atoms with Gasteiger partial charge in [-0.1, -0.05) is 26.8 Å². The summed E-state index contributed by atoms with van der Waals surface area (Å²) in [5.41, 5.74) is 4.86. The first-order chi connectivity index (χ1) is 8.90. The van der Waals surface area contributed by atoms with Crippen LogP contribution in [0.2, 0.25) is 0 Å². The minimum atomic E-state index is 0.271. The van der Waals surface area contributed by atoms with E-state index < -0.39 is 0 Å². The van der Waals surface area contributed by atoms with Gasteiger partial charge in [-0.05, 0) is 54.5 Å². The summed E-state index contributed by atoms with van der Waals surface area (Å²) in [4.78, 5) is 0. The molecular formula is C17H25NO. The molecule has 0 unspecified atom stereocenters. The van der Waals surface area contributed by atoms with Gasteiger partial charge in [-0.15, -0.1) is 0 Å². The van der Waals surface area contributed by atoms with Crippen LogP contribution in [-0.4, -0.2) is 19.7 Å². The number of piperidine rings is 1. The van der Waals surface area contributed by atoms with Crippen molar-refractivity contribution in [3.8, 4) is 5.75 Å². The molecule has 1 aliphatic carbocycles. The molecule has 104 valence electrons. The van der Waals surface area contributed by atoms with E-state index in [-0.39, 0.29) is 5.41 Å². The summed E-state index contributed by atoms with van der Waals surface area (Å²) in [6.07, 6.45) is 2.34. The van der Waals surface area contributed by atoms with Gasteiger partial charge in [-0.2, -0.15) is 0 Å². The van der Waals surface area contributed by atoms with E-state index in [1.54, 1.807) is 12.7 Å². The smallest absolute Gasteiger partial charge is 0.122 e. The summed E-state index contributed by atoms with van der Waals surface area (Å²) in [6, 6.07) is 5.21. The molecule has 1 aromatic rings. The molecule has 1 aromatic carbocycles. The molecule has 3 rings (SSSR count). The molecule has 2 heteroatoms. The van der Waals surface area contributed by atoms with Crippen LogP contribution in [0, 0.1) is 12.3 Å². The van der Waals surface area contributed by atoms with Crippen LogP contribution in [0.4, 0.5) is 0 Å². The van der Waals surface area contributed by atoms with Crippen LogP contribution >= 0.6 is 0 Å². The first-order valence-electron chi connectivity index (χ1n) is 7.31. The zero-order chi connectivity index (χ0) is 13.8. The van der Waals surface area contributed by atoms with Crippen molar-refractivity contribution in [3.63, 3.8) is 0 Å². The minimum Gasteiger partial charge on any atom is -0.496 e. The van der Waals surface area contributed by atoms with Crippen molar-refractivity contribution in [2.45, 2.75) is 52.0 Å². The standard InChI is InChI=1S/C17H25NO/c1-11-8-13-12(9-14(11)19-5)10-15-16(2,3)17(13,4)6-7-18-15/h8-9,15,18H,6-7,10H2,1-5H3/t15-,17+/m0/s1. The molecular weight excluding hydrogens is 234 g/mol. The Morgan fingerprint density at radius 1 is 1.26 bits per heavy atom. The molecule has 2 bridgehead atoms. The summed E-state index contributed by atoms with van der Waals surface area (Å²) in [7, 11) is 1.77. The zero-order valence-corrected chi connectivity index (χ0v) is 12.8. The topological polar surface area (TPSA) is 21.3 Å². The van der Waals surface area contributed by atoms with Gasteiger partial charge in [-0.25, -0.2) is 0 Å². The lowest BCUT2D eigenvalue weighted by atomic mass is 9.51. The molecule has 1 fully saturated rings. The SMILES string of the molecule is COc1cc2c(cc1C)[C@@]1(C)CCN[C@@H](C2)C1(C)C. The highest BCUT2D eigenvalue weighted by Gasteiger charge is 2.53. The zero-order valence-electron chi connectivity index (χ0n) is 12.8. The molecule has 1 saturated heterocycles. The number of fused-ring (bicyclic) bond motifs is 4. The van der Waals surface area contributed by atoms with E-state index in [1.165, 1.54) is 17.5 Å². The summed E-state index contributed by atoms with van der Waals surface area (Å²) in [5, 5.41) is 3.72. The number of rotatable bonds is 1. The molecule has 0 spiro atoms. The average molecular weight is 259 g/mol. The first kappa shape index (κ1) is 13.0. The second-order valence-electron chi connectivity index (χ2n) is 6.99. The quantitative estimate of drug-likeness (QED) is 0.836. The van der Waals surface area contributed by atoms with E-state index in [1.807, 2.05) is 0 Å². The molecule has 0 amide bonds. The van der Waals surface area contributed by atoms with E-state index in [2.05, 4.69) is 45.1 Å². The summed E-state index contributed by atoms with van der Waals surface area (Å²) >= 11 is 0. The third kappa shape index (κ3) is 1.59. The first-order valence-corrected chi connectivity index (χ1v) is 7.31. The Kier molecular flexibility index (Phi) is 2.72. The van der Waals surface area contributed by atoms with Crippen molar-refractivity contribution in [1.29, 1.82) is 0 Å². The summed E-state index contributed by atoms with van der Waals surface area (Å²) in [6.45, 7) is 10.6. The maximum absolute atomic E-state index is 5.50. The van der Waals surface area contributed by atoms with Crippen molar-refractivity contribution >= 4 is 0 Å². The van der Waals surface area contributed by atoms with Crippen molar-refractivity contribution in [2.24, 2.45) is 5.41 Å². The van der Waals surface area contributed by atoms with Crippen molar-refractivity contribution in [3.05, 3.63) is 28.8 Å².